The van der Waals surface area contributed by atoms with Crippen LogP contribution in [0.2, 0.25) is 0 Å². The molecule has 0 radical (unpaired) electrons. The number of piperazine rings is 1. The summed E-state index contributed by atoms with van der Waals surface area (Å²) in [6, 6.07) is 0. The summed E-state index contributed by atoms with van der Waals surface area (Å²) in [6.45, 7) is 4.87. The zero-order valence-corrected chi connectivity index (χ0v) is 15.2. The summed E-state index contributed by atoms with van der Waals surface area (Å²) >= 11 is 1.53. The lowest BCUT2D eigenvalue weighted by Crippen LogP contribution is -2.45. The number of nitrogens with zero attached hydrogens (tertiary/aromatic N) is 2. The smallest absolute Gasteiger partial charge is 0.341 e. The second-order valence-corrected chi connectivity index (χ2v) is 7.60. The number of aryl methyl sites for hydroxylation is 1. The molecular formula is C17H25N3O3S. The fourth-order valence-corrected chi connectivity index (χ4v) is 4.62. The van der Waals surface area contributed by atoms with Gasteiger partial charge in [-0.15, -0.1) is 11.3 Å². The standard InChI is InChI=1S/C17H25N3O3S/c1-19-8-10-20(11-9-19)7-6-14(21)18-16-15(17(22)23-2)12-4-3-5-13(12)24-16/h3-11H2,1-2H3,(H,18,21). The van der Waals surface area contributed by atoms with E-state index in [1.54, 1.807) is 0 Å². The lowest BCUT2D eigenvalue weighted by atomic mass is 10.1. The Labute approximate surface area is 146 Å². The van der Waals surface area contributed by atoms with Gasteiger partial charge in [-0.05, 0) is 31.9 Å². The predicted octanol–water partition coefficient (Wildman–Crippen LogP) is 1.60. The molecule has 1 saturated heterocycles. The Morgan fingerprint density at radius 2 is 1.96 bits per heavy atom. The SMILES string of the molecule is COC(=O)c1c(NC(=O)CCN2CCN(C)CC2)sc2c1CCC2. The van der Waals surface area contributed by atoms with Crippen molar-refractivity contribution in [1.82, 2.24) is 9.80 Å². The third-order valence-electron chi connectivity index (χ3n) is 4.81. The van der Waals surface area contributed by atoms with Gasteiger partial charge in [0.05, 0.1) is 12.7 Å². The van der Waals surface area contributed by atoms with Gasteiger partial charge in [-0.2, -0.15) is 0 Å². The van der Waals surface area contributed by atoms with E-state index in [1.165, 1.54) is 23.3 Å². The van der Waals surface area contributed by atoms with E-state index in [-0.39, 0.29) is 11.9 Å². The molecule has 0 aromatic carbocycles. The van der Waals surface area contributed by atoms with Crippen LogP contribution >= 0.6 is 11.3 Å². The average molecular weight is 351 g/mol. The maximum atomic E-state index is 12.3. The van der Waals surface area contributed by atoms with Crippen LogP contribution < -0.4 is 5.32 Å². The van der Waals surface area contributed by atoms with Crippen LogP contribution in [0, 0.1) is 0 Å². The molecule has 6 nitrogen and oxygen atoms in total. The number of hydrogen-bond acceptors (Lipinski definition) is 6. The molecule has 132 valence electrons. The molecule has 7 heteroatoms. The van der Waals surface area contributed by atoms with E-state index in [0.29, 0.717) is 17.0 Å². The van der Waals surface area contributed by atoms with Crippen molar-refractivity contribution >= 4 is 28.2 Å². The Kier molecular flexibility index (Phi) is 5.53. The minimum Gasteiger partial charge on any atom is -0.465 e. The van der Waals surface area contributed by atoms with E-state index >= 15 is 0 Å². The van der Waals surface area contributed by atoms with E-state index < -0.39 is 0 Å². The molecule has 1 amide bonds. The van der Waals surface area contributed by atoms with Crippen LogP contribution in [0.4, 0.5) is 5.00 Å². The molecule has 1 aromatic rings. The van der Waals surface area contributed by atoms with E-state index in [9.17, 15) is 9.59 Å². The summed E-state index contributed by atoms with van der Waals surface area (Å²) in [5, 5.41) is 3.61. The van der Waals surface area contributed by atoms with Gasteiger partial charge in [0.1, 0.15) is 5.00 Å². The summed E-state index contributed by atoms with van der Waals surface area (Å²) in [4.78, 5) is 30.2. The molecule has 0 saturated carbocycles. The zero-order valence-electron chi connectivity index (χ0n) is 14.4. The quantitative estimate of drug-likeness (QED) is 0.817. The Balaban J connectivity index is 1.59. The number of hydrogen-bond donors (Lipinski definition) is 1. The highest BCUT2D eigenvalue weighted by molar-refractivity contribution is 7.17. The Hall–Kier alpha value is -1.44. The molecule has 2 aliphatic rings. The highest BCUT2D eigenvalue weighted by Gasteiger charge is 2.28. The van der Waals surface area contributed by atoms with Crippen LogP contribution in [0.1, 0.15) is 33.6 Å². The van der Waals surface area contributed by atoms with Crippen molar-refractivity contribution < 1.29 is 14.3 Å². The Bertz CT molecular complexity index is 621. The fourth-order valence-electron chi connectivity index (χ4n) is 3.33. The number of carbonyl (C=O) groups is 2. The van der Waals surface area contributed by atoms with Crippen molar-refractivity contribution in [3.63, 3.8) is 0 Å². The summed E-state index contributed by atoms with van der Waals surface area (Å²) in [5.74, 6) is -0.372. The molecule has 24 heavy (non-hydrogen) atoms. The van der Waals surface area contributed by atoms with Crippen molar-refractivity contribution in [3.05, 3.63) is 16.0 Å². The monoisotopic (exact) mass is 351 g/mol. The van der Waals surface area contributed by atoms with Crippen molar-refractivity contribution in [2.45, 2.75) is 25.7 Å². The maximum absolute atomic E-state index is 12.3. The summed E-state index contributed by atoms with van der Waals surface area (Å²) in [6.07, 6.45) is 3.41. The van der Waals surface area contributed by atoms with Crippen LogP contribution in [0.3, 0.4) is 0 Å². The van der Waals surface area contributed by atoms with E-state index in [1.807, 2.05) is 0 Å². The van der Waals surface area contributed by atoms with E-state index in [4.69, 9.17) is 4.74 Å². The van der Waals surface area contributed by atoms with Gasteiger partial charge in [-0.3, -0.25) is 4.79 Å². The number of rotatable bonds is 5. The Morgan fingerprint density at radius 1 is 1.21 bits per heavy atom. The van der Waals surface area contributed by atoms with Crippen LogP contribution in [0.25, 0.3) is 0 Å². The fraction of sp³-hybridized carbons (Fsp3) is 0.647. The number of carbonyl (C=O) groups excluding carboxylic acids is 2. The third kappa shape index (κ3) is 3.79. The van der Waals surface area contributed by atoms with Gasteiger partial charge >= 0.3 is 5.97 Å². The molecule has 2 heterocycles. The number of fused-ring (bicyclic) bond motifs is 1. The van der Waals surface area contributed by atoms with Gasteiger partial charge in [0.25, 0.3) is 0 Å². The first-order valence-corrected chi connectivity index (χ1v) is 9.33. The van der Waals surface area contributed by atoms with E-state index in [2.05, 4.69) is 22.2 Å². The first-order chi connectivity index (χ1) is 11.6. The minimum atomic E-state index is -0.344. The summed E-state index contributed by atoms with van der Waals surface area (Å²) in [7, 11) is 3.51. The van der Waals surface area contributed by atoms with Crippen molar-refractivity contribution in [3.8, 4) is 0 Å². The van der Waals surface area contributed by atoms with Crippen molar-refractivity contribution in [2.24, 2.45) is 0 Å². The predicted molar refractivity (Wildman–Crippen MR) is 94.9 cm³/mol. The highest BCUT2D eigenvalue weighted by atomic mass is 32.1. The molecule has 1 aromatic heterocycles. The number of likely N-dealkylation sites (N-methyl/N-ethyl adjacent to an activating group) is 1. The van der Waals surface area contributed by atoms with Gasteiger partial charge in [0.15, 0.2) is 0 Å². The van der Waals surface area contributed by atoms with Gasteiger partial charge < -0.3 is 19.9 Å². The lowest BCUT2D eigenvalue weighted by Gasteiger charge is -2.32. The first kappa shape index (κ1) is 17.4. The maximum Gasteiger partial charge on any atom is 0.341 e. The molecule has 1 aliphatic heterocycles. The Morgan fingerprint density at radius 3 is 2.67 bits per heavy atom. The molecule has 1 N–H and O–H groups in total. The van der Waals surface area contributed by atoms with Crippen molar-refractivity contribution in [2.75, 3.05) is 52.2 Å². The van der Waals surface area contributed by atoms with Crippen LogP contribution in [-0.4, -0.2) is 68.6 Å². The van der Waals surface area contributed by atoms with Gasteiger partial charge in [-0.25, -0.2) is 4.79 Å². The third-order valence-corrected chi connectivity index (χ3v) is 6.02. The topological polar surface area (TPSA) is 61.9 Å². The van der Waals surface area contributed by atoms with Gasteiger partial charge in [-0.1, -0.05) is 0 Å². The zero-order chi connectivity index (χ0) is 17.1. The molecule has 0 spiro atoms. The number of methoxy groups -OCH3 is 1. The van der Waals surface area contributed by atoms with Crippen LogP contribution in [-0.2, 0) is 22.4 Å². The first-order valence-electron chi connectivity index (χ1n) is 8.52. The molecule has 1 aliphatic carbocycles. The molecule has 1 fully saturated rings. The second kappa shape index (κ2) is 7.63. The largest absolute Gasteiger partial charge is 0.465 e. The molecule has 0 bridgehead atoms. The van der Waals surface area contributed by atoms with Gasteiger partial charge in [0, 0.05) is 44.0 Å². The van der Waals surface area contributed by atoms with Crippen molar-refractivity contribution in [1.29, 1.82) is 0 Å². The van der Waals surface area contributed by atoms with Crippen LogP contribution in [0.5, 0.6) is 0 Å². The number of ether oxygens (including phenoxy) is 1. The summed E-state index contributed by atoms with van der Waals surface area (Å²) in [5.41, 5.74) is 1.64. The number of esters is 1. The molecule has 0 atom stereocenters. The molecular weight excluding hydrogens is 326 g/mol. The van der Waals surface area contributed by atoms with Crippen LogP contribution in [0.15, 0.2) is 0 Å². The normalized spacial score (nSPS) is 18.4. The number of amides is 1. The highest BCUT2D eigenvalue weighted by Crippen LogP contribution is 2.39. The molecule has 3 rings (SSSR count). The average Bonchev–Trinajstić information content (AvgIpc) is 3.14. The number of thiophene rings is 1. The second-order valence-electron chi connectivity index (χ2n) is 6.50. The number of anilines is 1. The summed E-state index contributed by atoms with van der Waals surface area (Å²) < 4.78 is 4.91. The minimum absolute atomic E-state index is 0.0287. The van der Waals surface area contributed by atoms with Gasteiger partial charge in [0.2, 0.25) is 5.91 Å². The molecule has 0 unspecified atom stereocenters. The number of nitrogens with one attached hydrogen (secondary N) is 1. The van der Waals surface area contributed by atoms with E-state index in [0.717, 1.165) is 57.5 Å². The lowest BCUT2D eigenvalue weighted by molar-refractivity contribution is -0.116.